The molecule has 4 nitrogen and oxygen atoms in total. The van der Waals surface area contributed by atoms with E-state index in [4.69, 9.17) is 23.2 Å². The smallest absolute Gasteiger partial charge is 0.191 e. The summed E-state index contributed by atoms with van der Waals surface area (Å²) in [6, 6.07) is 5.57. The molecule has 0 saturated carbocycles. The number of aryl methyl sites for hydroxylation is 1. The Balaban J connectivity index is 2.00. The highest BCUT2D eigenvalue weighted by Crippen LogP contribution is 2.27. The summed E-state index contributed by atoms with van der Waals surface area (Å²) in [5.74, 6) is 1.65. The largest absolute Gasteiger partial charge is 0.212 e. The standard InChI is InChI=1S/C13H12Cl2N4S/c1-2-3-12-16-17-13-19(12)18-11(7-20-13)8-4-5-9(14)10(15)6-8/h4-6H,2-3,7H2,1H3. The summed E-state index contributed by atoms with van der Waals surface area (Å²) in [7, 11) is 0. The number of hydrogen-bond donors (Lipinski definition) is 0. The van der Waals surface area contributed by atoms with E-state index in [0.717, 1.165) is 40.9 Å². The molecule has 7 heteroatoms. The van der Waals surface area contributed by atoms with Gasteiger partial charge in [0.05, 0.1) is 15.8 Å². The highest BCUT2D eigenvalue weighted by Gasteiger charge is 2.19. The predicted molar refractivity (Wildman–Crippen MR) is 83.1 cm³/mol. The van der Waals surface area contributed by atoms with Crippen LogP contribution in [0, 0.1) is 0 Å². The van der Waals surface area contributed by atoms with Crippen LogP contribution in [-0.4, -0.2) is 26.3 Å². The predicted octanol–water partition coefficient (Wildman–Crippen LogP) is 3.90. The van der Waals surface area contributed by atoms with Gasteiger partial charge >= 0.3 is 0 Å². The summed E-state index contributed by atoms with van der Waals surface area (Å²) in [4.78, 5) is 0. The van der Waals surface area contributed by atoms with Crippen LogP contribution in [0.5, 0.6) is 0 Å². The first-order valence-electron chi connectivity index (χ1n) is 6.29. The average molecular weight is 327 g/mol. The van der Waals surface area contributed by atoms with Crippen LogP contribution < -0.4 is 0 Å². The molecule has 0 amide bonds. The van der Waals surface area contributed by atoms with Crippen molar-refractivity contribution in [3.8, 4) is 0 Å². The maximum absolute atomic E-state index is 6.07. The number of fused-ring (bicyclic) bond motifs is 1. The molecule has 0 fully saturated rings. The third-order valence-corrected chi connectivity index (χ3v) is 4.63. The van der Waals surface area contributed by atoms with Crippen LogP contribution in [0.1, 0.15) is 24.7 Å². The van der Waals surface area contributed by atoms with Crippen molar-refractivity contribution >= 4 is 40.7 Å². The normalized spacial score (nSPS) is 14.1. The molecule has 1 aromatic carbocycles. The fraction of sp³-hybridized carbons (Fsp3) is 0.308. The van der Waals surface area contributed by atoms with E-state index in [1.165, 1.54) is 0 Å². The van der Waals surface area contributed by atoms with Crippen LogP contribution in [0.2, 0.25) is 10.0 Å². The van der Waals surface area contributed by atoms with Crippen LogP contribution >= 0.6 is 35.0 Å². The second-order valence-corrected chi connectivity index (χ2v) is 6.18. The summed E-state index contributed by atoms with van der Waals surface area (Å²) in [5, 5.41) is 14.9. The molecule has 3 rings (SSSR count). The second-order valence-electron chi connectivity index (χ2n) is 4.42. The Morgan fingerprint density at radius 2 is 2.10 bits per heavy atom. The van der Waals surface area contributed by atoms with E-state index in [1.807, 2.05) is 16.8 Å². The van der Waals surface area contributed by atoms with E-state index >= 15 is 0 Å². The first-order chi connectivity index (χ1) is 9.69. The average Bonchev–Trinajstić information content (AvgIpc) is 2.85. The van der Waals surface area contributed by atoms with Gasteiger partial charge in [0, 0.05) is 17.7 Å². The molecule has 0 N–H and O–H groups in total. The van der Waals surface area contributed by atoms with E-state index < -0.39 is 0 Å². The zero-order chi connectivity index (χ0) is 14.1. The molecular weight excluding hydrogens is 315 g/mol. The number of thioether (sulfide) groups is 1. The van der Waals surface area contributed by atoms with Crippen molar-refractivity contribution in [2.45, 2.75) is 24.9 Å². The molecule has 20 heavy (non-hydrogen) atoms. The summed E-state index contributed by atoms with van der Waals surface area (Å²) < 4.78 is 1.83. The fourth-order valence-corrected chi connectivity index (χ4v) is 3.12. The van der Waals surface area contributed by atoms with Crippen molar-refractivity contribution in [3.63, 3.8) is 0 Å². The SMILES string of the molecule is CCCc1nnc2n1N=C(c1ccc(Cl)c(Cl)c1)CS2. The van der Waals surface area contributed by atoms with Gasteiger partial charge in [-0.2, -0.15) is 9.78 Å². The van der Waals surface area contributed by atoms with E-state index in [9.17, 15) is 0 Å². The fourth-order valence-electron chi connectivity index (χ4n) is 1.96. The highest BCUT2D eigenvalue weighted by molar-refractivity contribution is 7.99. The van der Waals surface area contributed by atoms with E-state index in [-0.39, 0.29) is 0 Å². The number of aromatic nitrogens is 3. The molecule has 1 aromatic heterocycles. The summed E-state index contributed by atoms with van der Waals surface area (Å²) >= 11 is 13.6. The molecule has 104 valence electrons. The van der Waals surface area contributed by atoms with E-state index in [0.29, 0.717) is 10.0 Å². The topological polar surface area (TPSA) is 43.1 Å². The number of rotatable bonds is 3. The molecule has 2 aromatic rings. The second kappa shape index (κ2) is 5.76. The summed E-state index contributed by atoms with van der Waals surface area (Å²) in [5.41, 5.74) is 1.94. The van der Waals surface area contributed by atoms with Gasteiger partial charge in [0.1, 0.15) is 0 Å². The number of hydrogen-bond acceptors (Lipinski definition) is 4. The third kappa shape index (κ3) is 2.57. The Morgan fingerprint density at radius 3 is 2.85 bits per heavy atom. The Kier molecular flexibility index (Phi) is 4.01. The molecule has 2 heterocycles. The molecule has 1 aliphatic rings. The van der Waals surface area contributed by atoms with Gasteiger partial charge in [0.15, 0.2) is 5.82 Å². The molecule has 0 atom stereocenters. The first kappa shape index (κ1) is 13.9. The minimum atomic E-state index is 0.542. The molecule has 0 unspecified atom stereocenters. The first-order valence-corrected chi connectivity index (χ1v) is 8.03. The summed E-state index contributed by atoms with van der Waals surface area (Å²) in [6.45, 7) is 2.11. The van der Waals surface area contributed by atoms with Crippen molar-refractivity contribution in [1.82, 2.24) is 14.9 Å². The lowest BCUT2D eigenvalue weighted by molar-refractivity contribution is 0.693. The van der Waals surface area contributed by atoms with Crippen LogP contribution in [0.3, 0.4) is 0 Å². The zero-order valence-electron chi connectivity index (χ0n) is 10.8. The van der Waals surface area contributed by atoms with Crippen LogP contribution in [0.25, 0.3) is 0 Å². The maximum atomic E-state index is 6.07. The number of benzene rings is 1. The monoisotopic (exact) mass is 326 g/mol. The van der Waals surface area contributed by atoms with Gasteiger partial charge in [-0.15, -0.1) is 10.2 Å². The molecule has 0 aliphatic carbocycles. The molecule has 0 spiro atoms. The Morgan fingerprint density at radius 1 is 1.25 bits per heavy atom. The van der Waals surface area contributed by atoms with E-state index in [1.54, 1.807) is 17.8 Å². The van der Waals surface area contributed by atoms with Crippen molar-refractivity contribution in [2.75, 3.05) is 5.75 Å². The lowest BCUT2D eigenvalue weighted by Gasteiger charge is -2.14. The Labute approximate surface area is 131 Å². The lowest BCUT2D eigenvalue weighted by Crippen LogP contribution is -2.14. The highest BCUT2D eigenvalue weighted by atomic mass is 35.5. The van der Waals surface area contributed by atoms with E-state index in [2.05, 4.69) is 22.2 Å². The van der Waals surface area contributed by atoms with Gasteiger partial charge in [0.2, 0.25) is 5.16 Å². The van der Waals surface area contributed by atoms with Crippen molar-refractivity contribution in [3.05, 3.63) is 39.6 Å². The minimum absolute atomic E-state index is 0.542. The van der Waals surface area contributed by atoms with Gasteiger partial charge < -0.3 is 0 Å². The molecule has 0 radical (unpaired) electrons. The van der Waals surface area contributed by atoms with Crippen molar-refractivity contribution in [1.29, 1.82) is 0 Å². The van der Waals surface area contributed by atoms with Crippen LogP contribution in [0.15, 0.2) is 28.5 Å². The third-order valence-electron chi connectivity index (χ3n) is 2.96. The number of halogens is 2. The Bertz CT molecular complexity index is 681. The maximum Gasteiger partial charge on any atom is 0.212 e. The zero-order valence-corrected chi connectivity index (χ0v) is 13.1. The molecule has 0 saturated heterocycles. The molecule has 1 aliphatic heterocycles. The van der Waals surface area contributed by atoms with Crippen molar-refractivity contribution in [2.24, 2.45) is 5.10 Å². The minimum Gasteiger partial charge on any atom is -0.191 e. The van der Waals surface area contributed by atoms with Gasteiger partial charge in [0.25, 0.3) is 0 Å². The quantitative estimate of drug-likeness (QED) is 0.859. The number of nitrogens with zero attached hydrogens (tertiary/aromatic N) is 4. The van der Waals surface area contributed by atoms with Gasteiger partial charge in [-0.1, -0.05) is 48.0 Å². The molecule has 0 bridgehead atoms. The van der Waals surface area contributed by atoms with Gasteiger partial charge in [-0.05, 0) is 18.6 Å². The van der Waals surface area contributed by atoms with Crippen LogP contribution in [-0.2, 0) is 6.42 Å². The van der Waals surface area contributed by atoms with Gasteiger partial charge in [-0.25, -0.2) is 0 Å². The summed E-state index contributed by atoms with van der Waals surface area (Å²) in [6.07, 6.45) is 1.88. The molecular formula is C13H12Cl2N4S. The van der Waals surface area contributed by atoms with Crippen LogP contribution in [0.4, 0.5) is 0 Å². The van der Waals surface area contributed by atoms with Gasteiger partial charge in [-0.3, -0.25) is 0 Å². The lowest BCUT2D eigenvalue weighted by atomic mass is 10.1. The van der Waals surface area contributed by atoms with Crippen molar-refractivity contribution < 1.29 is 0 Å². The Hall–Kier alpha value is -1.04.